The van der Waals surface area contributed by atoms with Crippen molar-refractivity contribution in [3.05, 3.63) is 51.7 Å². The molecule has 3 rings (SSSR count). The Bertz CT molecular complexity index is 944. The summed E-state index contributed by atoms with van der Waals surface area (Å²) in [7, 11) is 1.47. The number of ether oxygens (including phenoxy) is 1. The highest BCUT2D eigenvalue weighted by Gasteiger charge is 2.35. The second-order valence-electron chi connectivity index (χ2n) is 6.83. The van der Waals surface area contributed by atoms with Gasteiger partial charge in [0.15, 0.2) is 0 Å². The first-order chi connectivity index (χ1) is 13.9. The standard InChI is InChI=1S/C18H21F2N5O4/c1-29-14-6-9(16(26)21-8-15-23-18(28)25-24-15)2-5-13(14)22-17(27)11-4-3-10(19)7-12(11)20/h3-4,7,9,13-14H,2,5-6,8H2,1H3,(H,21,26)(H,22,27)(H2,23,24,25,28)/t9-,13-,14-/m0/s1. The zero-order chi connectivity index (χ0) is 21.0. The molecule has 1 aromatic heterocycles. The molecule has 1 aliphatic carbocycles. The van der Waals surface area contributed by atoms with E-state index in [-0.39, 0.29) is 23.9 Å². The Kier molecular flexibility index (Phi) is 6.37. The summed E-state index contributed by atoms with van der Waals surface area (Å²) in [5.74, 6) is -2.62. The van der Waals surface area contributed by atoms with E-state index >= 15 is 0 Å². The number of H-pyrrole nitrogens is 2. The predicted octanol–water partition coefficient (Wildman–Crippen LogP) is 0.606. The number of nitrogens with one attached hydrogen (secondary N) is 4. The van der Waals surface area contributed by atoms with E-state index in [1.165, 1.54) is 7.11 Å². The lowest BCUT2D eigenvalue weighted by atomic mass is 9.83. The number of hydrogen-bond acceptors (Lipinski definition) is 5. The lowest BCUT2D eigenvalue weighted by Gasteiger charge is -2.35. The van der Waals surface area contributed by atoms with Crippen molar-refractivity contribution in [1.82, 2.24) is 25.8 Å². The van der Waals surface area contributed by atoms with E-state index in [1.54, 1.807) is 0 Å². The van der Waals surface area contributed by atoms with Crippen LogP contribution in [0.3, 0.4) is 0 Å². The number of methoxy groups -OCH3 is 1. The van der Waals surface area contributed by atoms with Crippen molar-refractivity contribution in [3.63, 3.8) is 0 Å². The summed E-state index contributed by atoms with van der Waals surface area (Å²) in [5, 5.41) is 11.3. The second-order valence-corrected chi connectivity index (χ2v) is 6.83. The van der Waals surface area contributed by atoms with Crippen molar-refractivity contribution >= 4 is 11.8 Å². The van der Waals surface area contributed by atoms with Gasteiger partial charge in [0.25, 0.3) is 5.91 Å². The number of rotatable bonds is 6. The van der Waals surface area contributed by atoms with Crippen LogP contribution in [0.1, 0.15) is 35.4 Å². The summed E-state index contributed by atoms with van der Waals surface area (Å²) in [6, 6.07) is 2.33. The van der Waals surface area contributed by atoms with Crippen LogP contribution < -0.4 is 16.3 Å². The van der Waals surface area contributed by atoms with Crippen molar-refractivity contribution in [2.75, 3.05) is 7.11 Å². The molecule has 0 aliphatic heterocycles. The van der Waals surface area contributed by atoms with E-state index in [0.29, 0.717) is 31.2 Å². The maximum Gasteiger partial charge on any atom is 0.340 e. The number of carbonyl (C=O) groups is 2. The van der Waals surface area contributed by atoms with Gasteiger partial charge < -0.3 is 15.4 Å². The van der Waals surface area contributed by atoms with Gasteiger partial charge in [0.05, 0.1) is 24.3 Å². The normalized spacial score (nSPS) is 21.6. The van der Waals surface area contributed by atoms with Gasteiger partial charge in [-0.2, -0.15) is 5.10 Å². The van der Waals surface area contributed by atoms with E-state index in [2.05, 4.69) is 25.8 Å². The van der Waals surface area contributed by atoms with Gasteiger partial charge in [-0.05, 0) is 31.4 Å². The van der Waals surface area contributed by atoms with Crippen LogP contribution >= 0.6 is 0 Å². The Morgan fingerprint density at radius 3 is 2.76 bits per heavy atom. The molecule has 1 heterocycles. The average molecular weight is 409 g/mol. The van der Waals surface area contributed by atoms with E-state index in [4.69, 9.17) is 4.74 Å². The maximum absolute atomic E-state index is 13.8. The van der Waals surface area contributed by atoms with Crippen LogP contribution in [-0.4, -0.2) is 46.3 Å². The Morgan fingerprint density at radius 1 is 1.31 bits per heavy atom. The van der Waals surface area contributed by atoms with E-state index in [0.717, 1.165) is 12.1 Å². The fraction of sp³-hybridized carbons (Fsp3) is 0.444. The Morgan fingerprint density at radius 2 is 2.10 bits per heavy atom. The van der Waals surface area contributed by atoms with E-state index < -0.39 is 35.4 Å². The first-order valence-electron chi connectivity index (χ1n) is 9.07. The molecule has 1 aromatic carbocycles. The molecule has 1 saturated carbocycles. The van der Waals surface area contributed by atoms with E-state index in [1.807, 2.05) is 0 Å². The van der Waals surface area contributed by atoms with Crippen LogP contribution in [0.5, 0.6) is 0 Å². The molecule has 1 aliphatic rings. The minimum absolute atomic E-state index is 0.0791. The summed E-state index contributed by atoms with van der Waals surface area (Å²) < 4.78 is 32.3. The van der Waals surface area contributed by atoms with Gasteiger partial charge >= 0.3 is 5.69 Å². The van der Waals surface area contributed by atoms with Crippen molar-refractivity contribution < 1.29 is 23.1 Å². The number of carbonyl (C=O) groups excluding carboxylic acids is 2. The second kappa shape index (κ2) is 8.95. The van der Waals surface area contributed by atoms with Crippen LogP contribution in [-0.2, 0) is 16.1 Å². The summed E-state index contributed by atoms with van der Waals surface area (Å²) in [6.07, 6.45) is 0.845. The van der Waals surface area contributed by atoms with Gasteiger partial charge in [-0.25, -0.2) is 18.7 Å². The van der Waals surface area contributed by atoms with Crippen LogP contribution in [0, 0.1) is 17.6 Å². The molecular formula is C18H21F2N5O4. The Balaban J connectivity index is 1.56. The lowest BCUT2D eigenvalue weighted by Crippen LogP contribution is -2.49. The molecule has 2 aromatic rings. The summed E-state index contributed by atoms with van der Waals surface area (Å²) in [6.45, 7) is 0.0791. The smallest absolute Gasteiger partial charge is 0.340 e. The SMILES string of the molecule is CO[C@H]1C[C@@H](C(=O)NCc2n[nH]c(=O)[nH]2)CC[C@@H]1NC(=O)c1ccc(F)cc1F. The lowest BCUT2D eigenvalue weighted by molar-refractivity contribution is -0.128. The summed E-state index contributed by atoms with van der Waals surface area (Å²) in [5.41, 5.74) is -0.711. The van der Waals surface area contributed by atoms with Gasteiger partial charge in [-0.15, -0.1) is 0 Å². The van der Waals surface area contributed by atoms with Gasteiger partial charge in [0.1, 0.15) is 17.5 Å². The highest BCUT2D eigenvalue weighted by molar-refractivity contribution is 5.94. The van der Waals surface area contributed by atoms with Gasteiger partial charge in [0.2, 0.25) is 5.91 Å². The molecule has 0 radical (unpaired) electrons. The van der Waals surface area contributed by atoms with Gasteiger partial charge in [-0.3, -0.25) is 14.6 Å². The first kappa shape index (κ1) is 20.6. The highest BCUT2D eigenvalue weighted by atomic mass is 19.1. The zero-order valence-electron chi connectivity index (χ0n) is 15.6. The van der Waals surface area contributed by atoms with Gasteiger partial charge in [0, 0.05) is 19.1 Å². The van der Waals surface area contributed by atoms with Crippen LogP contribution in [0.15, 0.2) is 23.0 Å². The molecule has 3 atom stereocenters. The number of halogens is 2. The largest absolute Gasteiger partial charge is 0.379 e. The molecule has 11 heteroatoms. The molecule has 0 saturated heterocycles. The Hall–Kier alpha value is -3.08. The van der Waals surface area contributed by atoms with Crippen molar-refractivity contribution in [2.24, 2.45) is 5.92 Å². The van der Waals surface area contributed by atoms with Gasteiger partial charge in [-0.1, -0.05) is 0 Å². The molecule has 4 N–H and O–H groups in total. The zero-order valence-corrected chi connectivity index (χ0v) is 15.6. The minimum Gasteiger partial charge on any atom is -0.379 e. The molecule has 2 amide bonds. The van der Waals surface area contributed by atoms with Crippen molar-refractivity contribution in [3.8, 4) is 0 Å². The predicted molar refractivity (Wildman–Crippen MR) is 96.8 cm³/mol. The topological polar surface area (TPSA) is 129 Å². The number of aromatic nitrogens is 3. The van der Waals surface area contributed by atoms with Crippen LogP contribution in [0.4, 0.5) is 8.78 Å². The number of amides is 2. The third-order valence-corrected chi connectivity index (χ3v) is 4.94. The summed E-state index contributed by atoms with van der Waals surface area (Å²) in [4.78, 5) is 38.2. The van der Waals surface area contributed by atoms with Crippen molar-refractivity contribution in [1.29, 1.82) is 0 Å². The molecule has 29 heavy (non-hydrogen) atoms. The molecule has 9 nitrogen and oxygen atoms in total. The monoisotopic (exact) mass is 409 g/mol. The molecule has 0 bridgehead atoms. The number of aromatic amines is 2. The third kappa shape index (κ3) is 5.05. The minimum atomic E-state index is -0.944. The average Bonchev–Trinajstić information content (AvgIpc) is 3.11. The highest BCUT2D eigenvalue weighted by Crippen LogP contribution is 2.27. The Labute approximate surface area is 164 Å². The fourth-order valence-corrected chi connectivity index (χ4v) is 3.42. The van der Waals surface area contributed by atoms with Crippen LogP contribution in [0.2, 0.25) is 0 Å². The first-order valence-corrected chi connectivity index (χ1v) is 9.07. The number of nitrogens with zero attached hydrogens (tertiary/aromatic N) is 1. The van der Waals surface area contributed by atoms with E-state index in [9.17, 15) is 23.2 Å². The third-order valence-electron chi connectivity index (χ3n) is 4.94. The van der Waals surface area contributed by atoms with Crippen molar-refractivity contribution in [2.45, 2.75) is 38.0 Å². The maximum atomic E-state index is 13.8. The fourth-order valence-electron chi connectivity index (χ4n) is 3.42. The number of benzene rings is 1. The molecule has 1 fully saturated rings. The molecule has 156 valence electrons. The molecule has 0 unspecified atom stereocenters. The quantitative estimate of drug-likeness (QED) is 0.556. The summed E-state index contributed by atoms with van der Waals surface area (Å²) >= 11 is 0. The van der Waals surface area contributed by atoms with Crippen LogP contribution in [0.25, 0.3) is 0 Å². The molecular weight excluding hydrogens is 388 g/mol. The molecule has 0 spiro atoms. The number of hydrogen-bond donors (Lipinski definition) is 4.